The molecule has 0 aliphatic carbocycles. The molecule has 2 unspecified atom stereocenters. The summed E-state index contributed by atoms with van der Waals surface area (Å²) in [7, 11) is 3.75. The predicted molar refractivity (Wildman–Crippen MR) is 126 cm³/mol. The van der Waals surface area contributed by atoms with E-state index in [0.717, 1.165) is 54.6 Å². The summed E-state index contributed by atoms with van der Waals surface area (Å²) in [5, 5.41) is 2.84. The van der Waals surface area contributed by atoms with Gasteiger partial charge in [0.2, 0.25) is 18.6 Å². The first-order chi connectivity index (χ1) is 16.5. The van der Waals surface area contributed by atoms with Crippen molar-refractivity contribution >= 4 is 11.6 Å². The zero-order valence-electron chi connectivity index (χ0n) is 19.6. The monoisotopic (exact) mass is 463 g/mol. The Labute approximate surface area is 198 Å². The Morgan fingerprint density at radius 1 is 1.24 bits per heavy atom. The van der Waals surface area contributed by atoms with Gasteiger partial charge in [-0.2, -0.15) is 0 Å². The highest BCUT2D eigenvalue weighted by Crippen LogP contribution is 2.38. The van der Waals surface area contributed by atoms with Crippen LogP contribution in [0.3, 0.4) is 0 Å². The van der Waals surface area contributed by atoms with E-state index in [1.54, 1.807) is 24.1 Å². The van der Waals surface area contributed by atoms with E-state index < -0.39 is 0 Å². The molecule has 0 radical (unpaired) electrons. The number of anilines is 1. The van der Waals surface area contributed by atoms with Gasteiger partial charge in [0.1, 0.15) is 6.33 Å². The third-order valence-corrected chi connectivity index (χ3v) is 6.51. The summed E-state index contributed by atoms with van der Waals surface area (Å²) < 4.78 is 12.7. The van der Waals surface area contributed by atoms with E-state index in [-0.39, 0.29) is 24.7 Å². The van der Waals surface area contributed by atoms with Crippen LogP contribution in [0.25, 0.3) is 5.95 Å². The SMILES string of the molecule is CNC(=O)C1CCN(CCN(C)c2ccc3c(c2)OCO3)C1c1cc(C)nc(-n2ccnc2)n1. The fourth-order valence-corrected chi connectivity index (χ4v) is 4.71. The van der Waals surface area contributed by atoms with E-state index in [9.17, 15) is 4.79 Å². The van der Waals surface area contributed by atoms with Crippen LogP contribution in [-0.4, -0.2) is 70.8 Å². The van der Waals surface area contributed by atoms with E-state index in [4.69, 9.17) is 14.5 Å². The van der Waals surface area contributed by atoms with Crippen molar-refractivity contribution in [1.82, 2.24) is 29.7 Å². The zero-order chi connectivity index (χ0) is 23.7. The number of nitrogens with one attached hydrogen (secondary N) is 1. The molecule has 34 heavy (non-hydrogen) atoms. The van der Waals surface area contributed by atoms with Gasteiger partial charge in [-0.1, -0.05) is 0 Å². The van der Waals surface area contributed by atoms with E-state index in [1.807, 2.05) is 37.4 Å². The van der Waals surface area contributed by atoms with E-state index in [1.165, 1.54) is 0 Å². The van der Waals surface area contributed by atoms with Crippen LogP contribution in [-0.2, 0) is 4.79 Å². The average Bonchev–Trinajstić information content (AvgIpc) is 3.61. The van der Waals surface area contributed by atoms with Gasteiger partial charge in [0.25, 0.3) is 0 Å². The van der Waals surface area contributed by atoms with Crippen LogP contribution in [0, 0.1) is 12.8 Å². The normalized spacial score (nSPS) is 19.4. The minimum absolute atomic E-state index is 0.0390. The molecule has 5 rings (SSSR count). The summed E-state index contributed by atoms with van der Waals surface area (Å²) in [6.07, 6.45) is 5.98. The molecule has 1 fully saturated rings. The Kier molecular flexibility index (Phi) is 6.06. The molecule has 178 valence electrons. The molecule has 0 spiro atoms. The Morgan fingerprint density at radius 2 is 2.09 bits per heavy atom. The summed E-state index contributed by atoms with van der Waals surface area (Å²) in [5.74, 6) is 1.97. The smallest absolute Gasteiger partial charge is 0.235 e. The zero-order valence-corrected chi connectivity index (χ0v) is 19.6. The van der Waals surface area contributed by atoms with Crippen molar-refractivity contribution < 1.29 is 14.3 Å². The fourth-order valence-electron chi connectivity index (χ4n) is 4.71. The number of nitrogens with zero attached hydrogens (tertiary/aromatic N) is 6. The van der Waals surface area contributed by atoms with Gasteiger partial charge in [-0.25, -0.2) is 15.0 Å². The van der Waals surface area contributed by atoms with Gasteiger partial charge in [0.05, 0.1) is 17.7 Å². The highest BCUT2D eigenvalue weighted by Gasteiger charge is 2.40. The second-order valence-corrected chi connectivity index (χ2v) is 8.65. The number of aromatic nitrogens is 4. The van der Waals surface area contributed by atoms with Crippen molar-refractivity contribution in [3.8, 4) is 17.4 Å². The van der Waals surface area contributed by atoms with Gasteiger partial charge >= 0.3 is 0 Å². The van der Waals surface area contributed by atoms with Crippen LogP contribution in [0.1, 0.15) is 23.9 Å². The van der Waals surface area contributed by atoms with Gasteiger partial charge in [-0.15, -0.1) is 0 Å². The maximum absolute atomic E-state index is 12.8. The standard InChI is InChI=1S/C24H29N7O3/c1-16-12-19(28-24(27-16)31-9-7-26-14-31)22-18(23(32)25-2)6-8-30(22)11-10-29(3)17-4-5-20-21(13-17)34-15-33-20/h4-5,7,9,12-14,18,22H,6,8,10-11,15H2,1-3H3,(H,25,32). The number of hydrogen-bond acceptors (Lipinski definition) is 8. The molecule has 4 heterocycles. The lowest BCUT2D eigenvalue weighted by molar-refractivity contribution is -0.125. The number of carbonyl (C=O) groups excluding carboxylic acids is 1. The number of amides is 1. The Morgan fingerprint density at radius 3 is 2.88 bits per heavy atom. The number of fused-ring (bicyclic) bond motifs is 1. The minimum atomic E-state index is -0.175. The molecule has 10 heteroatoms. The highest BCUT2D eigenvalue weighted by molar-refractivity contribution is 5.79. The number of likely N-dealkylation sites (N-methyl/N-ethyl adjacent to an activating group) is 1. The quantitative estimate of drug-likeness (QED) is 0.568. The second kappa shape index (κ2) is 9.30. The Bertz CT molecular complexity index is 1170. The van der Waals surface area contributed by atoms with Gasteiger partial charge in [0, 0.05) is 57.0 Å². The van der Waals surface area contributed by atoms with E-state index in [2.05, 4.69) is 32.1 Å². The molecule has 10 nitrogen and oxygen atoms in total. The molecule has 0 bridgehead atoms. The van der Waals surface area contributed by atoms with Crippen LogP contribution in [0.15, 0.2) is 43.0 Å². The first-order valence-electron chi connectivity index (χ1n) is 11.4. The number of imidazole rings is 1. The lowest BCUT2D eigenvalue weighted by atomic mass is 9.96. The molecule has 3 aromatic rings. The topological polar surface area (TPSA) is 97.6 Å². The maximum atomic E-state index is 12.8. The van der Waals surface area contributed by atoms with Gasteiger partial charge in [-0.05, 0) is 38.1 Å². The molecule has 1 saturated heterocycles. The molecule has 2 aliphatic heterocycles. The molecule has 1 amide bonds. The molecular weight excluding hydrogens is 434 g/mol. The first kappa shape index (κ1) is 22.1. The molecule has 1 aromatic carbocycles. The lowest BCUT2D eigenvalue weighted by Crippen LogP contribution is -2.37. The molecule has 2 aromatic heterocycles. The van der Waals surface area contributed by atoms with Crippen molar-refractivity contribution in [3.63, 3.8) is 0 Å². The van der Waals surface area contributed by atoms with Crippen LogP contribution in [0.4, 0.5) is 5.69 Å². The summed E-state index contributed by atoms with van der Waals surface area (Å²) in [6.45, 7) is 4.61. The molecule has 0 saturated carbocycles. The maximum Gasteiger partial charge on any atom is 0.235 e. The highest BCUT2D eigenvalue weighted by atomic mass is 16.7. The number of ether oxygens (including phenoxy) is 2. The Balaban J connectivity index is 1.38. The van der Waals surface area contributed by atoms with Crippen LogP contribution in [0.2, 0.25) is 0 Å². The number of likely N-dealkylation sites (tertiary alicyclic amines) is 1. The Hall–Kier alpha value is -3.66. The van der Waals surface area contributed by atoms with Crippen molar-refractivity contribution in [1.29, 1.82) is 0 Å². The van der Waals surface area contributed by atoms with Gasteiger partial charge in [-0.3, -0.25) is 14.3 Å². The molecule has 2 aliphatic rings. The summed E-state index contributed by atoms with van der Waals surface area (Å²) in [5.41, 5.74) is 2.77. The third kappa shape index (κ3) is 4.28. The van der Waals surface area contributed by atoms with Crippen LogP contribution >= 0.6 is 0 Å². The third-order valence-electron chi connectivity index (χ3n) is 6.51. The summed E-state index contributed by atoms with van der Waals surface area (Å²) in [4.78, 5) is 30.8. The number of aryl methyl sites for hydroxylation is 1. The molecule has 1 N–H and O–H groups in total. The predicted octanol–water partition coefficient (Wildman–Crippen LogP) is 1.94. The van der Waals surface area contributed by atoms with Crippen LogP contribution < -0.4 is 19.7 Å². The number of hydrogen-bond donors (Lipinski definition) is 1. The lowest BCUT2D eigenvalue weighted by Gasteiger charge is -2.30. The van der Waals surface area contributed by atoms with Crippen LogP contribution in [0.5, 0.6) is 11.5 Å². The number of benzene rings is 1. The van der Waals surface area contributed by atoms with Crippen molar-refractivity contribution in [2.24, 2.45) is 5.92 Å². The number of carbonyl (C=O) groups is 1. The van der Waals surface area contributed by atoms with Gasteiger partial charge < -0.3 is 19.7 Å². The van der Waals surface area contributed by atoms with Gasteiger partial charge in [0.15, 0.2) is 11.5 Å². The number of rotatable bonds is 7. The summed E-state index contributed by atoms with van der Waals surface area (Å²) in [6, 6.07) is 7.83. The van der Waals surface area contributed by atoms with Crippen molar-refractivity contribution in [2.75, 3.05) is 45.4 Å². The van der Waals surface area contributed by atoms with Crippen molar-refractivity contribution in [3.05, 3.63) is 54.4 Å². The average molecular weight is 464 g/mol. The van der Waals surface area contributed by atoms with Crippen molar-refractivity contribution in [2.45, 2.75) is 19.4 Å². The van der Waals surface area contributed by atoms with E-state index >= 15 is 0 Å². The minimum Gasteiger partial charge on any atom is -0.454 e. The van der Waals surface area contributed by atoms with E-state index in [0.29, 0.717) is 5.95 Å². The fraction of sp³-hybridized carbons (Fsp3) is 0.417. The second-order valence-electron chi connectivity index (χ2n) is 8.65. The molecule has 2 atom stereocenters. The first-order valence-corrected chi connectivity index (χ1v) is 11.4. The molecular formula is C24H29N7O3. The largest absolute Gasteiger partial charge is 0.454 e. The summed E-state index contributed by atoms with van der Waals surface area (Å²) >= 11 is 0.